The first-order chi connectivity index (χ1) is 12.8. The van der Waals surface area contributed by atoms with Crippen LogP contribution in [0.3, 0.4) is 0 Å². The molecule has 0 amide bonds. The molecule has 0 aliphatic rings. The summed E-state index contributed by atoms with van der Waals surface area (Å²) in [6, 6.07) is 14.8. The van der Waals surface area contributed by atoms with E-state index in [1.807, 2.05) is 31.2 Å². The molecule has 0 saturated heterocycles. The van der Waals surface area contributed by atoms with Gasteiger partial charge in [0.1, 0.15) is 11.4 Å². The van der Waals surface area contributed by atoms with E-state index in [-0.39, 0.29) is 6.04 Å². The quantitative estimate of drug-likeness (QED) is 0.467. The Bertz CT molecular complexity index is 889. The van der Waals surface area contributed by atoms with E-state index in [0.717, 1.165) is 22.0 Å². The summed E-state index contributed by atoms with van der Waals surface area (Å²) in [4.78, 5) is 1.67. The van der Waals surface area contributed by atoms with Crippen LogP contribution in [0, 0.1) is 0 Å². The summed E-state index contributed by atoms with van der Waals surface area (Å²) in [7, 11) is 1.30. The van der Waals surface area contributed by atoms with Crippen LogP contribution in [0.2, 0.25) is 0 Å². The summed E-state index contributed by atoms with van der Waals surface area (Å²) >= 11 is 7.84. The third kappa shape index (κ3) is 4.72. The molecule has 0 N–H and O–H groups in total. The number of rotatable bonds is 6. The standard InChI is InChI=1S/C19H19ClF3N3S/c1-13(26(20)11-10-14-6-4-3-5-7-14)16-8-9-17(27-16)15-12-18(19(21,22)23)25(2)24-15/h3-9,12-13H,10-11H2,1-2H3. The lowest BCUT2D eigenvalue weighted by Gasteiger charge is -2.20. The van der Waals surface area contributed by atoms with Gasteiger partial charge in [0.2, 0.25) is 0 Å². The fourth-order valence-corrected chi connectivity index (χ4v) is 4.06. The van der Waals surface area contributed by atoms with E-state index < -0.39 is 11.9 Å². The Morgan fingerprint density at radius 2 is 1.89 bits per heavy atom. The van der Waals surface area contributed by atoms with E-state index in [0.29, 0.717) is 17.1 Å². The number of alkyl halides is 3. The Kier molecular flexibility index (Phi) is 5.93. The number of aryl methyl sites for hydroxylation is 1. The highest BCUT2D eigenvalue weighted by atomic mass is 35.5. The van der Waals surface area contributed by atoms with Crippen LogP contribution < -0.4 is 0 Å². The highest BCUT2D eigenvalue weighted by Gasteiger charge is 2.35. The molecule has 0 saturated carbocycles. The molecule has 0 bridgehead atoms. The Morgan fingerprint density at radius 1 is 1.19 bits per heavy atom. The Hall–Kier alpha value is -1.83. The van der Waals surface area contributed by atoms with Crippen LogP contribution in [0.5, 0.6) is 0 Å². The van der Waals surface area contributed by atoms with Gasteiger partial charge in [-0.15, -0.1) is 11.3 Å². The van der Waals surface area contributed by atoms with Crippen LogP contribution in [-0.4, -0.2) is 20.7 Å². The van der Waals surface area contributed by atoms with E-state index in [9.17, 15) is 13.2 Å². The average Bonchev–Trinajstić information content (AvgIpc) is 3.26. The van der Waals surface area contributed by atoms with Crippen LogP contribution in [-0.2, 0) is 19.6 Å². The monoisotopic (exact) mass is 413 g/mol. The first-order valence-electron chi connectivity index (χ1n) is 8.43. The molecule has 2 heterocycles. The number of hydrogen-bond acceptors (Lipinski definition) is 3. The zero-order chi connectivity index (χ0) is 19.6. The zero-order valence-corrected chi connectivity index (χ0v) is 16.4. The summed E-state index contributed by atoms with van der Waals surface area (Å²) in [5, 5.41) is 4.00. The van der Waals surface area contributed by atoms with E-state index >= 15 is 0 Å². The molecule has 0 spiro atoms. The maximum atomic E-state index is 13.0. The molecular weight excluding hydrogens is 395 g/mol. The third-order valence-electron chi connectivity index (χ3n) is 4.34. The SMILES string of the molecule is CC(c1ccc(-c2cc(C(F)(F)F)n(C)n2)s1)N(Cl)CCc1ccccc1. The van der Waals surface area contributed by atoms with Gasteiger partial charge in [-0.05, 0) is 48.9 Å². The molecule has 27 heavy (non-hydrogen) atoms. The van der Waals surface area contributed by atoms with Gasteiger partial charge in [0, 0.05) is 18.5 Å². The van der Waals surface area contributed by atoms with Gasteiger partial charge in [-0.1, -0.05) is 30.3 Å². The average molecular weight is 414 g/mol. The molecule has 3 aromatic rings. The molecule has 144 valence electrons. The maximum Gasteiger partial charge on any atom is 0.433 e. The van der Waals surface area contributed by atoms with Crippen molar-refractivity contribution in [1.82, 2.24) is 14.2 Å². The summed E-state index contributed by atoms with van der Waals surface area (Å²) in [6.45, 7) is 2.65. The van der Waals surface area contributed by atoms with Crippen LogP contribution in [0.15, 0.2) is 48.5 Å². The fourth-order valence-electron chi connectivity index (χ4n) is 2.78. The second-order valence-corrected chi connectivity index (χ2v) is 7.82. The molecule has 1 unspecified atom stereocenters. The van der Waals surface area contributed by atoms with Crippen LogP contribution >= 0.6 is 23.1 Å². The molecule has 1 aromatic carbocycles. The van der Waals surface area contributed by atoms with Crippen molar-refractivity contribution in [3.8, 4) is 10.6 Å². The summed E-state index contributed by atoms with van der Waals surface area (Å²) < 4.78 is 41.5. The van der Waals surface area contributed by atoms with Gasteiger partial charge >= 0.3 is 6.18 Å². The molecule has 3 nitrogen and oxygen atoms in total. The lowest BCUT2D eigenvalue weighted by molar-refractivity contribution is -0.143. The lowest BCUT2D eigenvalue weighted by atomic mass is 10.1. The largest absolute Gasteiger partial charge is 0.433 e. The Morgan fingerprint density at radius 3 is 2.52 bits per heavy atom. The van der Waals surface area contributed by atoms with Gasteiger partial charge in [-0.3, -0.25) is 4.68 Å². The molecule has 2 aromatic heterocycles. The predicted octanol–water partition coefficient (Wildman–Crippen LogP) is 5.93. The van der Waals surface area contributed by atoms with E-state index in [1.165, 1.54) is 23.9 Å². The smallest absolute Gasteiger partial charge is 0.263 e. The van der Waals surface area contributed by atoms with Crippen LogP contribution in [0.4, 0.5) is 13.2 Å². The Balaban J connectivity index is 1.69. The van der Waals surface area contributed by atoms with Crippen molar-refractivity contribution in [3.63, 3.8) is 0 Å². The summed E-state index contributed by atoms with van der Waals surface area (Å²) in [6.07, 6.45) is -3.60. The number of aromatic nitrogens is 2. The van der Waals surface area contributed by atoms with Crippen molar-refractivity contribution in [1.29, 1.82) is 0 Å². The first-order valence-corrected chi connectivity index (χ1v) is 9.59. The molecule has 8 heteroatoms. The fraction of sp³-hybridized carbons (Fsp3) is 0.316. The third-order valence-corrected chi connectivity index (χ3v) is 6.08. The van der Waals surface area contributed by atoms with Gasteiger partial charge in [0.25, 0.3) is 0 Å². The van der Waals surface area contributed by atoms with Crippen LogP contribution in [0.25, 0.3) is 10.6 Å². The second-order valence-electron chi connectivity index (χ2n) is 6.27. The highest BCUT2D eigenvalue weighted by Crippen LogP contribution is 2.36. The highest BCUT2D eigenvalue weighted by molar-refractivity contribution is 7.15. The van der Waals surface area contributed by atoms with Crippen molar-refractivity contribution in [2.45, 2.75) is 25.6 Å². The molecule has 0 fully saturated rings. The van der Waals surface area contributed by atoms with Crippen molar-refractivity contribution in [2.24, 2.45) is 7.05 Å². The minimum Gasteiger partial charge on any atom is -0.263 e. The van der Waals surface area contributed by atoms with Crippen molar-refractivity contribution >= 4 is 23.1 Å². The van der Waals surface area contributed by atoms with E-state index in [2.05, 4.69) is 17.2 Å². The first kappa shape index (κ1) is 19.9. The number of halogens is 4. The van der Waals surface area contributed by atoms with Crippen molar-refractivity contribution in [2.75, 3.05) is 6.54 Å². The molecule has 3 rings (SSSR count). The van der Waals surface area contributed by atoms with E-state index in [1.54, 1.807) is 10.5 Å². The van der Waals surface area contributed by atoms with Crippen LogP contribution in [0.1, 0.15) is 29.1 Å². The second kappa shape index (κ2) is 8.04. The van der Waals surface area contributed by atoms with E-state index in [4.69, 9.17) is 11.8 Å². The molecule has 0 aliphatic heterocycles. The Labute approximate surface area is 165 Å². The van der Waals surface area contributed by atoms with Gasteiger partial charge in [-0.2, -0.15) is 18.3 Å². The number of nitrogens with zero attached hydrogens (tertiary/aromatic N) is 3. The normalized spacial score (nSPS) is 13.3. The molecule has 1 atom stereocenters. The molecule has 0 radical (unpaired) electrons. The number of hydrogen-bond donors (Lipinski definition) is 0. The summed E-state index contributed by atoms with van der Waals surface area (Å²) in [5.74, 6) is 0. The zero-order valence-electron chi connectivity index (χ0n) is 14.9. The van der Waals surface area contributed by atoms with Gasteiger partial charge in [0.15, 0.2) is 0 Å². The predicted molar refractivity (Wildman–Crippen MR) is 103 cm³/mol. The summed E-state index contributed by atoms with van der Waals surface area (Å²) in [5.41, 5.74) is 0.761. The van der Waals surface area contributed by atoms with Crippen molar-refractivity contribution < 1.29 is 13.2 Å². The van der Waals surface area contributed by atoms with Gasteiger partial charge in [0.05, 0.1) is 10.9 Å². The number of thiophene rings is 1. The minimum atomic E-state index is -4.42. The lowest BCUT2D eigenvalue weighted by Crippen LogP contribution is -2.19. The van der Waals surface area contributed by atoms with Gasteiger partial charge < -0.3 is 0 Å². The molecule has 0 aliphatic carbocycles. The van der Waals surface area contributed by atoms with Crippen molar-refractivity contribution in [3.05, 3.63) is 64.7 Å². The topological polar surface area (TPSA) is 21.1 Å². The maximum absolute atomic E-state index is 13.0. The van der Waals surface area contributed by atoms with Gasteiger partial charge in [-0.25, -0.2) is 4.42 Å². The molecular formula is C19H19ClF3N3S. The number of benzene rings is 1. The minimum absolute atomic E-state index is 0.0556.